The Balaban J connectivity index is 0.00000147. The second kappa shape index (κ2) is 6.56. The van der Waals surface area contributed by atoms with Crippen LogP contribution in [-0.2, 0) is 0 Å². The zero-order valence-electron chi connectivity index (χ0n) is 10.9. The quantitative estimate of drug-likeness (QED) is 0.548. The third-order valence-corrected chi connectivity index (χ3v) is 2.86. The van der Waals surface area contributed by atoms with Crippen LogP contribution in [0.2, 0.25) is 0 Å². The minimum atomic E-state index is -1.21. The van der Waals surface area contributed by atoms with Crippen molar-refractivity contribution in [3.63, 3.8) is 0 Å². The second-order valence-electron chi connectivity index (χ2n) is 4.07. The van der Waals surface area contributed by atoms with Gasteiger partial charge in [-0.3, -0.25) is 4.98 Å². The molecule has 20 heavy (non-hydrogen) atoms. The Hall–Kier alpha value is -1.11. The van der Waals surface area contributed by atoms with E-state index in [0.717, 1.165) is 0 Å². The van der Waals surface area contributed by atoms with Crippen molar-refractivity contribution in [2.24, 2.45) is 0 Å². The number of carbonyl (C=O) groups excluding carboxylic acids is 1. The molecule has 0 aliphatic rings. The van der Waals surface area contributed by atoms with Crippen LogP contribution in [-0.4, -0.2) is 15.9 Å². The predicted octanol–water partition coefficient (Wildman–Crippen LogP) is -1.34. The van der Waals surface area contributed by atoms with Crippen molar-refractivity contribution in [2.75, 3.05) is 0 Å². The first-order valence-corrected chi connectivity index (χ1v) is 5.78. The van der Waals surface area contributed by atoms with Crippen LogP contribution < -0.4 is 56.5 Å². The fourth-order valence-electron chi connectivity index (χ4n) is 1.99. The minimum Gasteiger partial charge on any atom is -0.545 e. The van der Waals surface area contributed by atoms with Gasteiger partial charge < -0.3 is 9.90 Å². The number of aromatic nitrogens is 2. The summed E-state index contributed by atoms with van der Waals surface area (Å²) in [6.07, 6.45) is 1.64. The fourth-order valence-corrected chi connectivity index (χ4v) is 1.99. The van der Waals surface area contributed by atoms with Gasteiger partial charge in [0.15, 0.2) is 0 Å². The van der Waals surface area contributed by atoms with Gasteiger partial charge in [-0.05, 0) is 24.3 Å². The molecule has 92 valence electrons. The first kappa shape index (κ1) is 15.3. The van der Waals surface area contributed by atoms with Crippen LogP contribution in [0, 0.1) is 0 Å². The summed E-state index contributed by atoms with van der Waals surface area (Å²) in [6.45, 7) is 0. The maximum Gasteiger partial charge on any atom is 1.00 e. The Morgan fingerprint density at radius 1 is 1.00 bits per heavy atom. The van der Waals surface area contributed by atoms with Gasteiger partial charge in [0.25, 0.3) is 0 Å². The van der Waals surface area contributed by atoms with E-state index in [-0.39, 0.29) is 56.9 Å². The van der Waals surface area contributed by atoms with E-state index in [1.54, 1.807) is 36.5 Å². The molecule has 0 aliphatic heterocycles. The standard InChI is InChI=1S/C15H10N2O2.K/c18-15(19)11-9-14(13-7-3-4-8-16-13)17-12-6-2-1-5-10(11)12;/h1-9H,(H,18,19);/q;+1/p-1. The van der Waals surface area contributed by atoms with Crippen LogP contribution in [0.1, 0.15) is 10.4 Å². The van der Waals surface area contributed by atoms with Gasteiger partial charge in [0, 0.05) is 17.1 Å². The molecule has 0 N–H and O–H groups in total. The van der Waals surface area contributed by atoms with Crippen LogP contribution in [0.15, 0.2) is 54.7 Å². The van der Waals surface area contributed by atoms with E-state index in [1.165, 1.54) is 6.07 Å². The Kier molecular flexibility index (Phi) is 5.01. The number of aromatic carboxylic acids is 1. The van der Waals surface area contributed by atoms with E-state index < -0.39 is 5.97 Å². The number of carboxylic acids is 1. The fraction of sp³-hybridized carbons (Fsp3) is 0. The number of nitrogens with zero attached hydrogens (tertiary/aromatic N) is 2. The maximum absolute atomic E-state index is 11.2. The van der Waals surface area contributed by atoms with Gasteiger partial charge in [-0.2, -0.15) is 0 Å². The van der Waals surface area contributed by atoms with Gasteiger partial charge in [-0.1, -0.05) is 24.3 Å². The molecule has 0 aliphatic carbocycles. The second-order valence-corrected chi connectivity index (χ2v) is 4.07. The normalized spacial score (nSPS) is 10.0. The molecule has 0 radical (unpaired) electrons. The number of benzene rings is 1. The Morgan fingerprint density at radius 2 is 1.75 bits per heavy atom. The monoisotopic (exact) mass is 288 g/mol. The van der Waals surface area contributed by atoms with Crippen molar-refractivity contribution in [3.8, 4) is 11.4 Å². The topological polar surface area (TPSA) is 65.9 Å². The van der Waals surface area contributed by atoms with E-state index in [4.69, 9.17) is 0 Å². The van der Waals surface area contributed by atoms with Crippen LogP contribution in [0.5, 0.6) is 0 Å². The molecule has 5 heteroatoms. The zero-order chi connectivity index (χ0) is 13.2. The molecule has 0 saturated heterocycles. The summed E-state index contributed by atoms with van der Waals surface area (Å²) in [5, 5.41) is 11.8. The molecule has 0 spiro atoms. The smallest absolute Gasteiger partial charge is 0.545 e. The molecular formula is C15H9KN2O2. The SMILES string of the molecule is O=C([O-])c1cc(-c2ccccn2)nc2ccccc12.[K+]. The summed E-state index contributed by atoms with van der Waals surface area (Å²) in [5.74, 6) is -1.21. The van der Waals surface area contributed by atoms with Crippen molar-refractivity contribution in [2.45, 2.75) is 0 Å². The Labute approximate surface area is 158 Å². The first-order chi connectivity index (χ1) is 9.25. The summed E-state index contributed by atoms with van der Waals surface area (Å²) in [7, 11) is 0. The molecular weight excluding hydrogens is 279 g/mol. The van der Waals surface area contributed by atoms with Crippen LogP contribution >= 0.6 is 0 Å². The van der Waals surface area contributed by atoms with E-state index in [9.17, 15) is 9.90 Å². The summed E-state index contributed by atoms with van der Waals surface area (Å²) < 4.78 is 0. The van der Waals surface area contributed by atoms with E-state index in [0.29, 0.717) is 22.3 Å². The predicted molar refractivity (Wildman–Crippen MR) is 69.3 cm³/mol. The largest absolute Gasteiger partial charge is 1.00 e. The average molecular weight is 288 g/mol. The van der Waals surface area contributed by atoms with Crippen molar-refractivity contribution < 1.29 is 61.3 Å². The molecule has 0 saturated carbocycles. The number of carboxylic acid groups (broad SMARTS) is 1. The van der Waals surface area contributed by atoms with Crippen LogP contribution in [0.25, 0.3) is 22.3 Å². The number of carbonyl (C=O) groups is 1. The number of hydrogen-bond acceptors (Lipinski definition) is 4. The number of para-hydroxylation sites is 1. The molecule has 4 nitrogen and oxygen atoms in total. The number of pyridine rings is 2. The molecule has 3 rings (SSSR count). The molecule has 2 aromatic heterocycles. The van der Waals surface area contributed by atoms with Crippen LogP contribution in [0.4, 0.5) is 0 Å². The van der Waals surface area contributed by atoms with Gasteiger partial charge in [0.1, 0.15) is 0 Å². The molecule has 1 aromatic carbocycles. The summed E-state index contributed by atoms with van der Waals surface area (Å²) in [6, 6.07) is 14.0. The summed E-state index contributed by atoms with van der Waals surface area (Å²) >= 11 is 0. The molecule has 0 bridgehead atoms. The molecule has 0 fully saturated rings. The first-order valence-electron chi connectivity index (χ1n) is 5.78. The van der Waals surface area contributed by atoms with Crippen molar-refractivity contribution in [1.29, 1.82) is 0 Å². The zero-order valence-corrected chi connectivity index (χ0v) is 14.0. The van der Waals surface area contributed by atoms with Gasteiger partial charge >= 0.3 is 51.4 Å². The number of fused-ring (bicyclic) bond motifs is 1. The Bertz CT molecular complexity index is 760. The number of hydrogen-bond donors (Lipinski definition) is 0. The molecule has 2 heterocycles. The molecule has 0 amide bonds. The van der Waals surface area contributed by atoms with Crippen LogP contribution in [0.3, 0.4) is 0 Å². The molecule has 0 unspecified atom stereocenters. The van der Waals surface area contributed by atoms with E-state index >= 15 is 0 Å². The van der Waals surface area contributed by atoms with E-state index in [2.05, 4.69) is 9.97 Å². The van der Waals surface area contributed by atoms with Gasteiger partial charge in [-0.15, -0.1) is 0 Å². The Morgan fingerprint density at radius 3 is 2.45 bits per heavy atom. The van der Waals surface area contributed by atoms with Gasteiger partial charge in [0.2, 0.25) is 0 Å². The third kappa shape index (κ3) is 2.97. The van der Waals surface area contributed by atoms with Crippen molar-refractivity contribution >= 4 is 16.9 Å². The third-order valence-electron chi connectivity index (χ3n) is 2.86. The maximum atomic E-state index is 11.2. The van der Waals surface area contributed by atoms with Crippen molar-refractivity contribution in [1.82, 2.24) is 9.97 Å². The molecule has 0 atom stereocenters. The minimum absolute atomic E-state index is 0. The van der Waals surface area contributed by atoms with Crippen molar-refractivity contribution in [3.05, 3.63) is 60.3 Å². The van der Waals surface area contributed by atoms with Gasteiger partial charge in [-0.25, -0.2) is 4.98 Å². The number of rotatable bonds is 2. The average Bonchev–Trinajstić information content (AvgIpc) is 2.47. The van der Waals surface area contributed by atoms with E-state index in [1.807, 2.05) is 12.1 Å². The van der Waals surface area contributed by atoms with Gasteiger partial charge in [0.05, 0.1) is 22.9 Å². The summed E-state index contributed by atoms with van der Waals surface area (Å²) in [4.78, 5) is 19.9. The molecule has 3 aromatic rings. The summed E-state index contributed by atoms with van der Waals surface area (Å²) in [5.41, 5.74) is 1.91.